The number of hydrogen-bond acceptors (Lipinski definition) is 6. The molecule has 3 heterocycles. The molecule has 3 atom stereocenters. The molecule has 9 aromatic rings. The number of aliphatic imine (C=N–C) groups is 1. The van der Waals surface area contributed by atoms with Gasteiger partial charge in [-0.05, 0) is 17.7 Å². The number of fused-ring (bicyclic) bond motifs is 9. The zero-order valence-corrected chi connectivity index (χ0v) is 27.6. The van der Waals surface area contributed by atoms with Gasteiger partial charge >= 0.3 is 0 Å². The number of para-hydroxylation sites is 5. The van der Waals surface area contributed by atoms with Crippen LogP contribution in [-0.2, 0) is 6.42 Å². The first-order chi connectivity index (χ1) is 25.2. The third kappa shape index (κ3) is 4.99. The van der Waals surface area contributed by atoms with E-state index in [9.17, 15) is 0 Å². The summed E-state index contributed by atoms with van der Waals surface area (Å²) in [7, 11) is 0. The summed E-state index contributed by atoms with van der Waals surface area (Å²) in [5.74, 6) is 1.05. The molecule has 6 nitrogen and oxygen atoms in total. The number of hydrogen-bond donors (Lipinski definition) is 2. The smallest absolute Gasteiger partial charge is 0.141 e. The van der Waals surface area contributed by atoms with Gasteiger partial charge in [-0.2, -0.15) is 0 Å². The van der Waals surface area contributed by atoms with Crippen molar-refractivity contribution < 1.29 is 13.3 Å². The van der Waals surface area contributed by atoms with Crippen LogP contribution in [0.3, 0.4) is 0 Å². The zero-order valence-electron chi connectivity index (χ0n) is 27.6. The Morgan fingerprint density at radius 3 is 2.00 bits per heavy atom. The maximum atomic E-state index is 6.99. The lowest BCUT2D eigenvalue weighted by molar-refractivity contribution is 0.458. The van der Waals surface area contributed by atoms with Gasteiger partial charge in [0, 0.05) is 67.7 Å². The van der Waals surface area contributed by atoms with E-state index in [4.69, 9.17) is 24.0 Å². The Kier molecular flexibility index (Phi) is 6.98. The first-order valence-electron chi connectivity index (χ1n) is 17.3. The van der Waals surface area contributed by atoms with Crippen molar-refractivity contribution in [2.45, 2.75) is 24.7 Å². The molecule has 0 bridgehead atoms. The van der Waals surface area contributed by atoms with Crippen molar-refractivity contribution >= 4 is 67.1 Å². The highest BCUT2D eigenvalue weighted by Gasteiger charge is 2.27. The van der Waals surface area contributed by atoms with Crippen LogP contribution >= 0.6 is 0 Å². The van der Waals surface area contributed by atoms with Crippen LogP contribution in [0, 0.1) is 0 Å². The van der Waals surface area contributed by atoms with Gasteiger partial charge in [0.15, 0.2) is 0 Å². The molecule has 0 radical (unpaired) electrons. The average Bonchev–Trinajstić information content (AvgIpc) is 3.88. The second-order valence-corrected chi connectivity index (χ2v) is 13.2. The largest absolute Gasteiger partial charge is 0.460 e. The summed E-state index contributed by atoms with van der Waals surface area (Å²) in [4.78, 5) is 5.09. The van der Waals surface area contributed by atoms with E-state index in [1.165, 1.54) is 0 Å². The van der Waals surface area contributed by atoms with E-state index in [1.807, 2.05) is 79.0 Å². The maximum absolute atomic E-state index is 6.99. The minimum Gasteiger partial charge on any atom is -0.460 e. The molecule has 3 N–H and O–H groups in total. The molecule has 3 aromatic heterocycles. The maximum Gasteiger partial charge on any atom is 0.141 e. The van der Waals surface area contributed by atoms with E-state index in [2.05, 4.69) is 78.1 Å². The lowest BCUT2D eigenvalue weighted by Crippen LogP contribution is -2.32. The third-order valence-corrected chi connectivity index (χ3v) is 10.2. The molecule has 0 saturated heterocycles. The summed E-state index contributed by atoms with van der Waals surface area (Å²) in [6, 6.07) is 45.2. The van der Waals surface area contributed by atoms with Crippen LogP contribution in [0.4, 0.5) is 0 Å². The third-order valence-electron chi connectivity index (χ3n) is 10.2. The molecule has 3 unspecified atom stereocenters. The van der Waals surface area contributed by atoms with Gasteiger partial charge in [0.05, 0.1) is 6.17 Å². The van der Waals surface area contributed by atoms with Gasteiger partial charge in [-0.3, -0.25) is 10.3 Å². The SMILES string of the molecule is NC(NC(/N=C/c1ccccc1)c1cccc2c3c(oc12)CC(c1cccc2c1oc1ccccc12)C=C3)c1cccc2c1oc1ccccc12. The number of furan rings is 3. The Morgan fingerprint density at radius 1 is 0.608 bits per heavy atom. The monoisotopic (exact) mass is 663 g/mol. The first kappa shape index (κ1) is 29.7. The van der Waals surface area contributed by atoms with E-state index in [0.717, 1.165) is 94.8 Å². The summed E-state index contributed by atoms with van der Waals surface area (Å²) < 4.78 is 19.6. The predicted octanol–water partition coefficient (Wildman–Crippen LogP) is 10.9. The number of allylic oxidation sites excluding steroid dienone is 1. The van der Waals surface area contributed by atoms with Gasteiger partial charge in [-0.1, -0.05) is 133 Å². The standard InChI is InChI=1S/C45H33N3O3/c46-44(36-19-9-17-34-31-14-5-7-22-39(31)50-42(34)36)48-45(47-26-27-11-2-1-3-12-27)37-20-10-18-35-32-24-23-28(25-40(32)51-43(35)37)29-15-8-16-33-30-13-4-6-21-38(30)49-41(29)33/h1-24,26,28,44-45,48H,25,46H2/b47-26+. The van der Waals surface area contributed by atoms with E-state index in [0.29, 0.717) is 0 Å². The van der Waals surface area contributed by atoms with Crippen LogP contribution in [-0.4, -0.2) is 6.21 Å². The van der Waals surface area contributed by atoms with E-state index < -0.39 is 12.3 Å². The van der Waals surface area contributed by atoms with Gasteiger partial charge in [0.1, 0.15) is 39.8 Å². The van der Waals surface area contributed by atoms with Crippen molar-refractivity contribution in [3.8, 4) is 0 Å². The van der Waals surface area contributed by atoms with Gasteiger partial charge in [0.2, 0.25) is 0 Å². The summed E-state index contributed by atoms with van der Waals surface area (Å²) in [5, 5.41) is 9.04. The van der Waals surface area contributed by atoms with Crippen LogP contribution in [0.2, 0.25) is 0 Å². The fraction of sp³-hybridized carbons (Fsp3) is 0.0889. The van der Waals surface area contributed by atoms with Crippen molar-refractivity contribution in [3.63, 3.8) is 0 Å². The van der Waals surface area contributed by atoms with Crippen LogP contribution in [0.25, 0.3) is 60.9 Å². The van der Waals surface area contributed by atoms with Crippen molar-refractivity contribution in [2.24, 2.45) is 10.7 Å². The van der Waals surface area contributed by atoms with Crippen molar-refractivity contribution in [1.82, 2.24) is 5.32 Å². The number of rotatable bonds is 7. The van der Waals surface area contributed by atoms with Gasteiger partial charge < -0.3 is 19.0 Å². The molecular weight excluding hydrogens is 631 g/mol. The first-order valence-corrected chi connectivity index (χ1v) is 17.3. The van der Waals surface area contributed by atoms with E-state index in [-0.39, 0.29) is 5.92 Å². The van der Waals surface area contributed by atoms with Crippen molar-refractivity contribution in [3.05, 3.63) is 173 Å². The fourth-order valence-electron chi connectivity index (χ4n) is 7.70. The number of nitrogens with two attached hydrogens (primary N) is 1. The highest BCUT2D eigenvalue weighted by atomic mass is 16.3. The fourth-order valence-corrected chi connectivity index (χ4v) is 7.70. The molecule has 10 rings (SSSR count). The Labute approximate surface area is 293 Å². The van der Waals surface area contributed by atoms with E-state index in [1.54, 1.807) is 0 Å². The Balaban J connectivity index is 1.04. The van der Waals surface area contributed by atoms with Gasteiger partial charge in [0.25, 0.3) is 0 Å². The molecule has 0 aliphatic heterocycles. The normalized spacial score (nSPS) is 15.8. The van der Waals surface area contributed by atoms with E-state index >= 15 is 0 Å². The summed E-state index contributed by atoms with van der Waals surface area (Å²) in [5.41, 5.74) is 16.2. The lowest BCUT2D eigenvalue weighted by atomic mass is 9.87. The Morgan fingerprint density at radius 2 is 1.22 bits per heavy atom. The van der Waals surface area contributed by atoms with Crippen LogP contribution < -0.4 is 11.1 Å². The van der Waals surface area contributed by atoms with Gasteiger partial charge in [-0.25, -0.2) is 0 Å². The second kappa shape index (κ2) is 12.0. The van der Waals surface area contributed by atoms with Crippen LogP contribution in [0.15, 0.2) is 158 Å². The molecule has 6 heteroatoms. The summed E-state index contributed by atoms with van der Waals surface area (Å²) >= 11 is 0. The topological polar surface area (TPSA) is 89.8 Å². The molecule has 0 spiro atoms. The average molecular weight is 664 g/mol. The van der Waals surface area contributed by atoms with Gasteiger partial charge in [-0.15, -0.1) is 0 Å². The van der Waals surface area contributed by atoms with Crippen LogP contribution in [0.1, 0.15) is 51.8 Å². The molecule has 1 aliphatic rings. The predicted molar refractivity (Wildman–Crippen MR) is 206 cm³/mol. The number of nitrogens with one attached hydrogen (secondary N) is 1. The Bertz CT molecular complexity index is 2800. The minimum absolute atomic E-state index is 0.105. The second-order valence-electron chi connectivity index (χ2n) is 13.2. The highest BCUT2D eigenvalue weighted by Crippen LogP contribution is 2.42. The van der Waals surface area contributed by atoms with Crippen molar-refractivity contribution in [1.29, 1.82) is 0 Å². The molecule has 0 fully saturated rings. The zero-order chi connectivity index (χ0) is 33.9. The molecular formula is C45H33N3O3. The molecule has 0 amide bonds. The van der Waals surface area contributed by atoms with Crippen LogP contribution in [0.5, 0.6) is 0 Å². The van der Waals surface area contributed by atoms with Crippen molar-refractivity contribution in [2.75, 3.05) is 0 Å². The molecule has 246 valence electrons. The Hall–Kier alpha value is -6.21. The quantitative estimate of drug-likeness (QED) is 0.131. The lowest BCUT2D eigenvalue weighted by Gasteiger charge is -2.21. The molecule has 1 aliphatic carbocycles. The summed E-state index contributed by atoms with van der Waals surface area (Å²) in [6.45, 7) is 0. The molecule has 51 heavy (non-hydrogen) atoms. The number of nitrogens with zero attached hydrogens (tertiary/aromatic N) is 1. The molecule has 6 aromatic carbocycles. The summed E-state index contributed by atoms with van der Waals surface area (Å²) in [6.07, 6.45) is 5.98. The number of benzene rings is 6. The highest BCUT2D eigenvalue weighted by molar-refractivity contribution is 6.07. The minimum atomic E-state index is -0.583. The molecule has 0 saturated carbocycles.